The Morgan fingerprint density at radius 2 is 1.96 bits per heavy atom. The van der Waals surface area contributed by atoms with E-state index in [0.29, 0.717) is 21.8 Å². The second-order valence-electron chi connectivity index (χ2n) is 6.23. The van der Waals surface area contributed by atoms with E-state index in [1.807, 2.05) is 0 Å². The van der Waals surface area contributed by atoms with Crippen molar-refractivity contribution in [2.75, 3.05) is 11.1 Å². The molecular weight excluding hydrogens is 334 g/mol. The van der Waals surface area contributed by atoms with Crippen LogP contribution in [-0.2, 0) is 12.8 Å². The standard InChI is InChI=1S/C19H17N3O2S/c1-10(23)11-5-7-13(8-6-11)21-18(24)17-16(20)14-9-12-3-2-4-15(12)22-19(14)25-17/h5-9H,2-4,20H2,1H3,(H,21,24). The Balaban J connectivity index is 1.63. The van der Waals surface area contributed by atoms with E-state index < -0.39 is 0 Å². The maximum Gasteiger partial charge on any atom is 0.267 e. The Hall–Kier alpha value is -2.73. The van der Waals surface area contributed by atoms with Gasteiger partial charge in [0.1, 0.15) is 9.71 Å². The molecule has 4 rings (SSSR count). The minimum absolute atomic E-state index is 0.00856. The van der Waals surface area contributed by atoms with Crippen molar-refractivity contribution < 1.29 is 9.59 Å². The average Bonchev–Trinajstić information content (AvgIpc) is 3.17. The number of hydrogen-bond acceptors (Lipinski definition) is 5. The number of nitrogens with one attached hydrogen (secondary N) is 1. The summed E-state index contributed by atoms with van der Waals surface area (Å²) >= 11 is 1.32. The first kappa shape index (κ1) is 15.8. The number of thiophene rings is 1. The Bertz CT molecular complexity index is 1010. The van der Waals surface area contributed by atoms with Gasteiger partial charge in [-0.3, -0.25) is 9.59 Å². The molecule has 1 aliphatic carbocycles. The molecule has 0 saturated carbocycles. The molecule has 25 heavy (non-hydrogen) atoms. The summed E-state index contributed by atoms with van der Waals surface area (Å²) in [5, 5.41) is 3.70. The highest BCUT2D eigenvalue weighted by atomic mass is 32.1. The van der Waals surface area contributed by atoms with E-state index in [-0.39, 0.29) is 11.7 Å². The molecule has 1 aliphatic rings. The molecule has 0 unspecified atom stereocenters. The van der Waals surface area contributed by atoms with Crippen molar-refractivity contribution in [3.05, 3.63) is 52.0 Å². The average molecular weight is 351 g/mol. The lowest BCUT2D eigenvalue weighted by Crippen LogP contribution is -2.12. The summed E-state index contributed by atoms with van der Waals surface area (Å²) in [7, 11) is 0. The molecule has 5 nitrogen and oxygen atoms in total. The van der Waals surface area contributed by atoms with Crippen LogP contribution in [0.1, 0.15) is 44.6 Å². The molecule has 2 heterocycles. The third kappa shape index (κ3) is 2.78. The van der Waals surface area contributed by atoms with Crippen LogP contribution in [0.2, 0.25) is 0 Å². The number of rotatable bonds is 3. The van der Waals surface area contributed by atoms with Crippen LogP contribution in [0.4, 0.5) is 11.4 Å². The van der Waals surface area contributed by atoms with Gasteiger partial charge < -0.3 is 11.1 Å². The van der Waals surface area contributed by atoms with E-state index in [0.717, 1.165) is 35.2 Å². The largest absolute Gasteiger partial charge is 0.397 e. The van der Waals surface area contributed by atoms with E-state index >= 15 is 0 Å². The van der Waals surface area contributed by atoms with Gasteiger partial charge in [0.15, 0.2) is 5.78 Å². The van der Waals surface area contributed by atoms with Crippen LogP contribution < -0.4 is 11.1 Å². The monoisotopic (exact) mass is 351 g/mol. The van der Waals surface area contributed by atoms with Gasteiger partial charge in [0.05, 0.1) is 5.69 Å². The van der Waals surface area contributed by atoms with E-state index in [1.165, 1.54) is 23.8 Å². The Labute approximate surface area is 148 Å². The van der Waals surface area contributed by atoms with Gasteiger partial charge in [-0.05, 0) is 62.1 Å². The van der Waals surface area contributed by atoms with Gasteiger partial charge in [0.25, 0.3) is 5.91 Å². The number of pyridine rings is 1. The number of benzene rings is 1. The molecule has 0 bridgehead atoms. The molecular formula is C19H17N3O2S. The SMILES string of the molecule is CC(=O)c1ccc(NC(=O)c2sc3nc4c(cc3c2N)CCC4)cc1. The third-order valence-electron chi connectivity index (χ3n) is 4.50. The predicted octanol–water partition coefficient (Wildman–Crippen LogP) is 3.82. The summed E-state index contributed by atoms with van der Waals surface area (Å²) in [6, 6.07) is 8.89. The summed E-state index contributed by atoms with van der Waals surface area (Å²) in [6.07, 6.45) is 3.15. The maximum atomic E-state index is 12.6. The minimum atomic E-state index is -0.253. The number of Topliss-reactive ketones (excluding diaryl/α,β-unsaturated/α-hetero) is 1. The lowest BCUT2D eigenvalue weighted by Gasteiger charge is -2.05. The fraction of sp³-hybridized carbons (Fsp3) is 0.211. The third-order valence-corrected chi connectivity index (χ3v) is 5.62. The van der Waals surface area contributed by atoms with Gasteiger partial charge >= 0.3 is 0 Å². The summed E-state index contributed by atoms with van der Waals surface area (Å²) in [5.41, 5.74) is 10.3. The van der Waals surface area contributed by atoms with E-state index in [4.69, 9.17) is 5.73 Å². The molecule has 2 aromatic heterocycles. The number of nitrogens with zero attached hydrogens (tertiary/aromatic N) is 1. The van der Waals surface area contributed by atoms with Crippen molar-refractivity contribution in [3.63, 3.8) is 0 Å². The zero-order chi connectivity index (χ0) is 17.6. The molecule has 3 N–H and O–H groups in total. The zero-order valence-electron chi connectivity index (χ0n) is 13.8. The second-order valence-corrected chi connectivity index (χ2v) is 7.23. The van der Waals surface area contributed by atoms with Gasteiger partial charge in [-0.15, -0.1) is 11.3 Å². The van der Waals surface area contributed by atoms with E-state index in [9.17, 15) is 9.59 Å². The normalized spacial score (nSPS) is 13.0. The first-order valence-corrected chi connectivity index (χ1v) is 8.97. The quantitative estimate of drug-likeness (QED) is 0.703. The topological polar surface area (TPSA) is 85.1 Å². The van der Waals surface area contributed by atoms with Crippen molar-refractivity contribution in [2.45, 2.75) is 26.2 Å². The van der Waals surface area contributed by atoms with Crippen LogP contribution in [0.3, 0.4) is 0 Å². The van der Waals surface area contributed by atoms with Crippen molar-refractivity contribution in [3.8, 4) is 0 Å². The smallest absolute Gasteiger partial charge is 0.267 e. The number of hydrogen-bond donors (Lipinski definition) is 2. The number of aromatic nitrogens is 1. The highest BCUT2D eigenvalue weighted by Crippen LogP contribution is 2.36. The van der Waals surface area contributed by atoms with Crippen LogP contribution in [0, 0.1) is 0 Å². The fourth-order valence-corrected chi connectivity index (χ4v) is 4.13. The number of nitrogen functional groups attached to an aromatic ring is 1. The van der Waals surface area contributed by atoms with E-state index in [1.54, 1.807) is 24.3 Å². The molecule has 0 fully saturated rings. The molecule has 3 aromatic rings. The number of amides is 1. The summed E-state index contributed by atoms with van der Waals surface area (Å²) in [4.78, 5) is 29.9. The van der Waals surface area contributed by atoms with Crippen molar-refractivity contribution in [2.24, 2.45) is 0 Å². The first-order valence-electron chi connectivity index (χ1n) is 8.16. The molecule has 1 amide bonds. The van der Waals surface area contributed by atoms with Gasteiger partial charge in [0, 0.05) is 22.3 Å². The summed E-state index contributed by atoms with van der Waals surface area (Å²) < 4.78 is 0. The molecule has 0 radical (unpaired) electrons. The maximum absolute atomic E-state index is 12.6. The van der Waals surface area contributed by atoms with Crippen LogP contribution in [0.25, 0.3) is 10.2 Å². The molecule has 0 spiro atoms. The molecule has 0 atom stereocenters. The van der Waals surface area contributed by atoms with E-state index in [2.05, 4.69) is 16.4 Å². The highest BCUT2D eigenvalue weighted by Gasteiger charge is 2.21. The summed E-state index contributed by atoms with van der Waals surface area (Å²) in [5.74, 6) is -0.262. The number of anilines is 2. The summed E-state index contributed by atoms with van der Waals surface area (Å²) in [6.45, 7) is 1.51. The number of ketones is 1. The molecule has 0 aliphatic heterocycles. The number of fused-ring (bicyclic) bond motifs is 2. The molecule has 6 heteroatoms. The predicted molar refractivity (Wildman–Crippen MR) is 100 cm³/mol. The Morgan fingerprint density at radius 1 is 1.20 bits per heavy atom. The number of aryl methyl sites for hydroxylation is 2. The van der Waals surface area contributed by atoms with Gasteiger partial charge in [-0.1, -0.05) is 0 Å². The Kier molecular flexibility index (Phi) is 3.77. The van der Waals surface area contributed by atoms with Crippen LogP contribution in [0.5, 0.6) is 0 Å². The number of carbonyl (C=O) groups is 2. The highest BCUT2D eigenvalue weighted by molar-refractivity contribution is 7.21. The number of carbonyl (C=O) groups excluding carboxylic acids is 2. The lowest BCUT2D eigenvalue weighted by atomic mass is 10.1. The van der Waals surface area contributed by atoms with Crippen molar-refractivity contribution >= 4 is 44.6 Å². The fourth-order valence-electron chi connectivity index (χ4n) is 3.14. The van der Waals surface area contributed by atoms with Crippen LogP contribution in [-0.4, -0.2) is 16.7 Å². The zero-order valence-corrected chi connectivity index (χ0v) is 14.6. The van der Waals surface area contributed by atoms with Crippen molar-refractivity contribution in [1.82, 2.24) is 4.98 Å². The van der Waals surface area contributed by atoms with Gasteiger partial charge in [-0.25, -0.2) is 4.98 Å². The first-order chi connectivity index (χ1) is 12.0. The minimum Gasteiger partial charge on any atom is -0.397 e. The lowest BCUT2D eigenvalue weighted by molar-refractivity contribution is 0.101. The molecule has 126 valence electrons. The van der Waals surface area contributed by atoms with Gasteiger partial charge in [-0.2, -0.15) is 0 Å². The second kappa shape index (κ2) is 5.97. The molecule has 0 saturated heterocycles. The molecule has 1 aromatic carbocycles. The van der Waals surface area contributed by atoms with Gasteiger partial charge in [0.2, 0.25) is 0 Å². The van der Waals surface area contributed by atoms with Crippen LogP contribution in [0.15, 0.2) is 30.3 Å². The van der Waals surface area contributed by atoms with Crippen molar-refractivity contribution in [1.29, 1.82) is 0 Å². The van der Waals surface area contributed by atoms with Crippen LogP contribution >= 0.6 is 11.3 Å². The Morgan fingerprint density at radius 3 is 2.68 bits per heavy atom. The number of nitrogens with two attached hydrogens (primary N) is 1.